The number of amidine groups is 1. The Morgan fingerprint density at radius 1 is 1.30 bits per heavy atom. The van der Waals surface area contributed by atoms with E-state index in [4.69, 9.17) is 9.47 Å². The van der Waals surface area contributed by atoms with Crippen LogP contribution in [0.4, 0.5) is 4.39 Å². The fourth-order valence-electron chi connectivity index (χ4n) is 2.52. The van der Waals surface area contributed by atoms with E-state index in [1.165, 1.54) is 17.8 Å². The van der Waals surface area contributed by atoms with Gasteiger partial charge in [0.15, 0.2) is 16.7 Å². The minimum absolute atomic E-state index is 0.0431. The smallest absolute Gasteiger partial charge is 0.257 e. The molecular formula is C20H21FN2O3S. The first-order valence-corrected chi connectivity index (χ1v) is 9.66. The van der Waals surface area contributed by atoms with Crippen LogP contribution < -0.4 is 14.8 Å². The normalized spacial score (nSPS) is 13.4. The average Bonchev–Trinajstić information content (AvgIpc) is 3.13. The van der Waals surface area contributed by atoms with Crippen LogP contribution in [-0.2, 0) is 6.61 Å². The van der Waals surface area contributed by atoms with Crippen molar-refractivity contribution in [2.45, 2.75) is 26.6 Å². The number of rotatable bonds is 6. The van der Waals surface area contributed by atoms with Crippen molar-refractivity contribution in [2.75, 3.05) is 12.3 Å². The number of carbonyl (C=O) groups is 1. The number of hydrogen-bond donors (Lipinski definition) is 1. The van der Waals surface area contributed by atoms with Crippen LogP contribution in [-0.4, -0.2) is 29.5 Å². The number of nitrogens with zero attached hydrogens (tertiary/aromatic N) is 1. The fourth-order valence-corrected chi connectivity index (χ4v) is 3.24. The summed E-state index contributed by atoms with van der Waals surface area (Å²) in [6, 6.07) is 11.4. The van der Waals surface area contributed by atoms with Crippen molar-refractivity contribution in [1.82, 2.24) is 5.32 Å². The van der Waals surface area contributed by atoms with Gasteiger partial charge in [-0.25, -0.2) is 4.39 Å². The molecule has 1 N–H and O–H groups in total. The summed E-state index contributed by atoms with van der Waals surface area (Å²) >= 11 is 1.51. The molecule has 0 bridgehead atoms. The molecule has 3 rings (SSSR count). The summed E-state index contributed by atoms with van der Waals surface area (Å²) in [4.78, 5) is 16.8. The molecule has 1 aliphatic heterocycles. The molecular weight excluding hydrogens is 367 g/mol. The maximum absolute atomic E-state index is 13.7. The largest absolute Gasteiger partial charge is 0.491 e. The van der Waals surface area contributed by atoms with Crippen LogP contribution in [0.15, 0.2) is 47.5 Å². The Balaban J connectivity index is 1.79. The van der Waals surface area contributed by atoms with E-state index in [0.29, 0.717) is 28.6 Å². The second-order valence-corrected chi connectivity index (χ2v) is 7.32. The third kappa shape index (κ3) is 5.47. The van der Waals surface area contributed by atoms with Gasteiger partial charge in [0.25, 0.3) is 5.91 Å². The van der Waals surface area contributed by atoms with E-state index in [1.807, 2.05) is 13.8 Å². The van der Waals surface area contributed by atoms with E-state index in [0.717, 1.165) is 5.75 Å². The van der Waals surface area contributed by atoms with Crippen molar-refractivity contribution in [2.24, 2.45) is 4.99 Å². The Morgan fingerprint density at radius 3 is 2.81 bits per heavy atom. The topological polar surface area (TPSA) is 59.9 Å². The molecule has 27 heavy (non-hydrogen) atoms. The van der Waals surface area contributed by atoms with Gasteiger partial charge in [-0.1, -0.05) is 23.9 Å². The van der Waals surface area contributed by atoms with Crippen LogP contribution in [0.3, 0.4) is 0 Å². The maximum Gasteiger partial charge on any atom is 0.257 e. The van der Waals surface area contributed by atoms with Crippen molar-refractivity contribution in [1.29, 1.82) is 0 Å². The van der Waals surface area contributed by atoms with Gasteiger partial charge in [-0.15, -0.1) is 0 Å². The van der Waals surface area contributed by atoms with Crippen molar-refractivity contribution in [3.63, 3.8) is 0 Å². The Morgan fingerprint density at radius 2 is 2.11 bits per heavy atom. The average molecular weight is 388 g/mol. The van der Waals surface area contributed by atoms with Crippen LogP contribution in [0, 0.1) is 5.82 Å². The number of hydrogen-bond acceptors (Lipinski definition) is 5. The van der Waals surface area contributed by atoms with Gasteiger partial charge < -0.3 is 14.8 Å². The highest BCUT2D eigenvalue weighted by Gasteiger charge is 2.15. The zero-order chi connectivity index (χ0) is 19.2. The predicted molar refractivity (Wildman–Crippen MR) is 105 cm³/mol. The minimum Gasteiger partial charge on any atom is -0.491 e. The van der Waals surface area contributed by atoms with Gasteiger partial charge in [0.1, 0.15) is 12.4 Å². The number of benzene rings is 2. The highest BCUT2D eigenvalue weighted by Crippen LogP contribution is 2.22. The summed E-state index contributed by atoms with van der Waals surface area (Å²) in [5.74, 6) is 0.903. The third-order valence-corrected chi connectivity index (χ3v) is 4.53. The lowest BCUT2D eigenvalue weighted by atomic mass is 10.1. The van der Waals surface area contributed by atoms with Crippen LogP contribution in [0.25, 0.3) is 0 Å². The number of nitrogens with one attached hydrogen (secondary N) is 1. The quantitative estimate of drug-likeness (QED) is 0.812. The number of amides is 1. The van der Waals surface area contributed by atoms with Crippen LogP contribution >= 0.6 is 11.8 Å². The van der Waals surface area contributed by atoms with Crippen LogP contribution in [0.2, 0.25) is 0 Å². The summed E-state index contributed by atoms with van der Waals surface area (Å²) in [5.41, 5.74) is 1.15. The molecule has 142 valence electrons. The summed E-state index contributed by atoms with van der Waals surface area (Å²) in [6.45, 7) is 4.64. The molecule has 0 aliphatic carbocycles. The lowest BCUT2D eigenvalue weighted by Gasteiger charge is -2.14. The Bertz CT molecular complexity index is 855. The number of halogens is 1. The SMILES string of the molecule is CC(C)Oc1cc(COc2ccccc2F)cc(C(=O)NC2=NCCS2)c1. The second-order valence-electron chi connectivity index (χ2n) is 6.24. The first-order chi connectivity index (χ1) is 13.0. The third-order valence-electron chi connectivity index (χ3n) is 3.64. The van der Waals surface area contributed by atoms with Gasteiger partial charge in [0.05, 0.1) is 12.6 Å². The predicted octanol–water partition coefficient (Wildman–Crippen LogP) is 4.02. The molecule has 1 aliphatic rings. The van der Waals surface area contributed by atoms with Crippen LogP contribution in [0.1, 0.15) is 29.8 Å². The van der Waals surface area contributed by atoms with Crippen molar-refractivity contribution < 1.29 is 18.7 Å². The molecule has 0 spiro atoms. The molecule has 5 nitrogen and oxygen atoms in total. The molecule has 0 saturated heterocycles. The highest BCUT2D eigenvalue weighted by molar-refractivity contribution is 8.14. The molecule has 1 amide bonds. The standard InChI is InChI=1S/C20H21FN2O3S/c1-13(2)26-16-10-14(12-25-18-6-4-3-5-17(18)21)9-15(11-16)19(24)23-20-22-7-8-27-20/h3-6,9-11,13H,7-8,12H2,1-2H3,(H,22,23,24). The van der Waals surface area contributed by atoms with E-state index in [1.54, 1.807) is 36.4 Å². The molecule has 0 saturated carbocycles. The zero-order valence-electron chi connectivity index (χ0n) is 15.2. The van der Waals surface area contributed by atoms with E-state index < -0.39 is 5.82 Å². The zero-order valence-corrected chi connectivity index (χ0v) is 16.0. The molecule has 0 fully saturated rings. The van der Waals surface area contributed by atoms with Crippen LogP contribution in [0.5, 0.6) is 11.5 Å². The number of ether oxygens (including phenoxy) is 2. The number of aliphatic imine (C=N–C) groups is 1. The number of carbonyl (C=O) groups excluding carboxylic acids is 1. The Hall–Kier alpha value is -2.54. The molecule has 0 radical (unpaired) electrons. The first kappa shape index (κ1) is 19.2. The summed E-state index contributed by atoms with van der Waals surface area (Å²) in [5, 5.41) is 3.43. The molecule has 0 aromatic heterocycles. The molecule has 7 heteroatoms. The lowest BCUT2D eigenvalue weighted by Crippen LogP contribution is -2.27. The molecule has 1 heterocycles. The molecule has 0 atom stereocenters. The lowest BCUT2D eigenvalue weighted by molar-refractivity contribution is 0.0977. The fraction of sp³-hybridized carbons (Fsp3) is 0.300. The monoisotopic (exact) mass is 388 g/mol. The Labute approximate surface area is 162 Å². The van der Waals surface area contributed by atoms with Gasteiger partial charge in [-0.2, -0.15) is 0 Å². The van der Waals surface area contributed by atoms with E-state index >= 15 is 0 Å². The van der Waals surface area contributed by atoms with E-state index in [-0.39, 0.29) is 24.4 Å². The summed E-state index contributed by atoms with van der Waals surface area (Å²) < 4.78 is 25.1. The van der Waals surface area contributed by atoms with Crippen molar-refractivity contribution in [3.05, 3.63) is 59.4 Å². The van der Waals surface area contributed by atoms with Gasteiger partial charge in [0, 0.05) is 11.3 Å². The maximum atomic E-state index is 13.7. The van der Waals surface area contributed by atoms with Gasteiger partial charge in [0.2, 0.25) is 0 Å². The minimum atomic E-state index is -0.429. The Kier molecular flexibility index (Phi) is 6.34. The van der Waals surface area contributed by atoms with E-state index in [9.17, 15) is 9.18 Å². The van der Waals surface area contributed by atoms with Crippen molar-refractivity contribution >= 4 is 22.8 Å². The van der Waals surface area contributed by atoms with E-state index in [2.05, 4.69) is 10.3 Å². The highest BCUT2D eigenvalue weighted by atomic mass is 32.2. The summed E-state index contributed by atoms with van der Waals surface area (Å²) in [6.07, 6.45) is -0.0431. The first-order valence-electron chi connectivity index (χ1n) is 8.68. The second kappa shape index (κ2) is 8.90. The number of para-hydroxylation sites is 1. The molecule has 2 aromatic rings. The van der Waals surface area contributed by atoms with Gasteiger partial charge in [-0.05, 0) is 49.7 Å². The molecule has 2 aromatic carbocycles. The van der Waals surface area contributed by atoms with Gasteiger partial charge >= 0.3 is 0 Å². The van der Waals surface area contributed by atoms with Gasteiger partial charge in [-0.3, -0.25) is 9.79 Å². The number of thioether (sulfide) groups is 1. The summed E-state index contributed by atoms with van der Waals surface area (Å²) in [7, 11) is 0. The molecule has 0 unspecified atom stereocenters. The van der Waals surface area contributed by atoms with Crippen molar-refractivity contribution in [3.8, 4) is 11.5 Å².